The first-order chi connectivity index (χ1) is 13.2. The topological polar surface area (TPSA) is 177 Å². The average molecular weight is 402 g/mol. The zero-order chi connectivity index (χ0) is 21.3. The summed E-state index contributed by atoms with van der Waals surface area (Å²) in [5, 5.41) is 37.3. The number of nitrogens with one attached hydrogen (secondary N) is 4. The Kier molecular flexibility index (Phi) is 9.83. The van der Waals surface area contributed by atoms with Gasteiger partial charge in [0, 0.05) is 0 Å². The second-order valence-corrected chi connectivity index (χ2v) is 7.17. The van der Waals surface area contributed by atoms with Gasteiger partial charge in [-0.3, -0.25) is 14.4 Å². The number of carboxylic acid groups (broad SMARTS) is 1. The molecule has 1 aliphatic heterocycles. The van der Waals surface area contributed by atoms with Gasteiger partial charge in [0.1, 0.15) is 18.1 Å². The fourth-order valence-corrected chi connectivity index (χ4v) is 2.81. The second-order valence-electron chi connectivity index (χ2n) is 7.17. The highest BCUT2D eigenvalue weighted by atomic mass is 16.4. The van der Waals surface area contributed by atoms with Crippen molar-refractivity contribution < 1.29 is 34.5 Å². The maximum Gasteiger partial charge on any atom is 0.328 e. The van der Waals surface area contributed by atoms with Gasteiger partial charge in [0.2, 0.25) is 17.7 Å². The van der Waals surface area contributed by atoms with E-state index in [1.54, 1.807) is 0 Å². The van der Waals surface area contributed by atoms with Crippen LogP contribution in [0.4, 0.5) is 0 Å². The summed E-state index contributed by atoms with van der Waals surface area (Å²) < 4.78 is 0. The van der Waals surface area contributed by atoms with Gasteiger partial charge < -0.3 is 36.6 Å². The predicted octanol–water partition coefficient (Wildman–Crippen LogP) is -2.69. The molecule has 7 N–H and O–H groups in total. The molecule has 4 unspecified atom stereocenters. The van der Waals surface area contributed by atoms with Gasteiger partial charge in [-0.25, -0.2) is 4.79 Å². The van der Waals surface area contributed by atoms with Crippen molar-refractivity contribution in [3.63, 3.8) is 0 Å². The number of carbonyl (C=O) groups excluding carboxylic acids is 3. The van der Waals surface area contributed by atoms with E-state index in [9.17, 15) is 24.3 Å². The van der Waals surface area contributed by atoms with Gasteiger partial charge in [-0.05, 0) is 31.7 Å². The summed E-state index contributed by atoms with van der Waals surface area (Å²) in [6, 6.07) is -4.26. The maximum absolute atomic E-state index is 12.6. The number of amides is 3. The smallest absolute Gasteiger partial charge is 0.328 e. The van der Waals surface area contributed by atoms with Gasteiger partial charge in [0.05, 0.1) is 19.3 Å². The number of hydrogen-bond donors (Lipinski definition) is 7. The van der Waals surface area contributed by atoms with Crippen molar-refractivity contribution in [2.24, 2.45) is 5.92 Å². The van der Waals surface area contributed by atoms with Crippen LogP contribution in [-0.2, 0) is 19.2 Å². The van der Waals surface area contributed by atoms with Gasteiger partial charge in [0.25, 0.3) is 0 Å². The van der Waals surface area contributed by atoms with Gasteiger partial charge >= 0.3 is 5.97 Å². The number of carbonyl (C=O) groups is 4. The number of carboxylic acids is 1. The Morgan fingerprint density at radius 1 is 0.964 bits per heavy atom. The van der Waals surface area contributed by atoms with E-state index in [1.807, 2.05) is 19.2 Å². The van der Waals surface area contributed by atoms with Crippen molar-refractivity contribution in [3.05, 3.63) is 0 Å². The fraction of sp³-hybridized carbons (Fsp3) is 0.765. The molecular weight excluding hydrogens is 372 g/mol. The number of aliphatic carboxylic acids is 1. The molecule has 4 atom stereocenters. The molecule has 0 aromatic carbocycles. The summed E-state index contributed by atoms with van der Waals surface area (Å²) in [4.78, 5) is 47.9. The number of aliphatic hydroxyl groups excluding tert-OH is 2. The molecule has 3 amide bonds. The van der Waals surface area contributed by atoms with E-state index in [0.717, 1.165) is 13.0 Å². The van der Waals surface area contributed by atoms with Crippen LogP contribution in [0.3, 0.4) is 0 Å². The average Bonchev–Trinajstić information content (AvgIpc) is 3.17. The van der Waals surface area contributed by atoms with E-state index in [0.29, 0.717) is 12.8 Å². The Hall–Kier alpha value is -2.24. The summed E-state index contributed by atoms with van der Waals surface area (Å²) in [6.45, 7) is 2.85. The molecule has 160 valence electrons. The summed E-state index contributed by atoms with van der Waals surface area (Å²) in [7, 11) is 0. The molecule has 1 rings (SSSR count). The van der Waals surface area contributed by atoms with Crippen LogP contribution in [0.5, 0.6) is 0 Å². The van der Waals surface area contributed by atoms with Crippen LogP contribution in [0.25, 0.3) is 0 Å². The molecule has 1 heterocycles. The molecule has 0 aromatic heterocycles. The molecule has 1 saturated heterocycles. The van der Waals surface area contributed by atoms with E-state index in [1.165, 1.54) is 0 Å². The van der Waals surface area contributed by atoms with Crippen molar-refractivity contribution in [3.8, 4) is 0 Å². The lowest BCUT2D eigenvalue weighted by Gasteiger charge is -2.25. The van der Waals surface area contributed by atoms with E-state index in [2.05, 4.69) is 16.0 Å². The molecule has 1 aliphatic rings. The second kappa shape index (κ2) is 11.6. The lowest BCUT2D eigenvalue weighted by Crippen LogP contribution is -2.58. The summed E-state index contributed by atoms with van der Waals surface area (Å²) >= 11 is 0. The predicted molar refractivity (Wildman–Crippen MR) is 98.1 cm³/mol. The number of rotatable bonds is 11. The molecule has 0 radical (unpaired) electrons. The Labute approximate surface area is 163 Å². The molecule has 28 heavy (non-hydrogen) atoms. The van der Waals surface area contributed by atoms with E-state index in [-0.39, 0.29) is 17.9 Å². The van der Waals surface area contributed by atoms with Gasteiger partial charge in [-0.15, -0.1) is 0 Å². The van der Waals surface area contributed by atoms with Crippen LogP contribution >= 0.6 is 0 Å². The van der Waals surface area contributed by atoms with E-state index >= 15 is 0 Å². The van der Waals surface area contributed by atoms with Crippen LogP contribution in [0, 0.1) is 5.92 Å². The molecule has 0 spiro atoms. The summed E-state index contributed by atoms with van der Waals surface area (Å²) in [5.74, 6) is -3.31. The zero-order valence-electron chi connectivity index (χ0n) is 16.1. The molecular formula is C17H30N4O7. The van der Waals surface area contributed by atoms with Crippen LogP contribution in [0.2, 0.25) is 0 Å². The highest BCUT2D eigenvalue weighted by Crippen LogP contribution is 2.09. The lowest BCUT2D eigenvalue weighted by molar-refractivity contribution is -0.143. The zero-order valence-corrected chi connectivity index (χ0v) is 16.1. The maximum atomic E-state index is 12.6. The molecule has 0 aromatic rings. The normalized spacial score (nSPS) is 19.5. The third kappa shape index (κ3) is 7.41. The first kappa shape index (κ1) is 23.8. The minimum atomic E-state index is -1.56. The number of hydrogen-bond acceptors (Lipinski definition) is 7. The Morgan fingerprint density at radius 2 is 1.54 bits per heavy atom. The molecule has 0 aliphatic carbocycles. The van der Waals surface area contributed by atoms with Gasteiger partial charge in [0.15, 0.2) is 0 Å². The summed E-state index contributed by atoms with van der Waals surface area (Å²) in [6.07, 6.45) is 1.85. The van der Waals surface area contributed by atoms with Crippen molar-refractivity contribution in [1.82, 2.24) is 21.3 Å². The Balaban J connectivity index is 2.75. The quantitative estimate of drug-likeness (QED) is 0.195. The molecule has 11 nitrogen and oxygen atoms in total. The minimum Gasteiger partial charge on any atom is -0.480 e. The van der Waals surface area contributed by atoms with Crippen LogP contribution in [0.15, 0.2) is 0 Å². The first-order valence-corrected chi connectivity index (χ1v) is 9.28. The van der Waals surface area contributed by atoms with Crippen molar-refractivity contribution in [2.45, 2.75) is 57.3 Å². The fourth-order valence-electron chi connectivity index (χ4n) is 2.81. The van der Waals surface area contributed by atoms with Crippen molar-refractivity contribution >= 4 is 23.7 Å². The molecule has 0 bridgehead atoms. The third-order valence-electron chi connectivity index (χ3n) is 4.33. The van der Waals surface area contributed by atoms with Crippen LogP contribution < -0.4 is 21.3 Å². The summed E-state index contributed by atoms with van der Waals surface area (Å²) in [5.41, 5.74) is 0. The highest BCUT2D eigenvalue weighted by molar-refractivity contribution is 5.94. The molecule has 11 heteroatoms. The first-order valence-electron chi connectivity index (χ1n) is 9.28. The van der Waals surface area contributed by atoms with Gasteiger partial charge in [-0.2, -0.15) is 0 Å². The van der Waals surface area contributed by atoms with Crippen molar-refractivity contribution in [1.29, 1.82) is 0 Å². The SMILES string of the molecule is CC(C)CC(NC(=O)C1CCCN1)C(=O)NC(CO)C(=O)NC(CO)C(=O)O. The molecule has 1 fully saturated rings. The number of aliphatic hydroxyl groups is 2. The monoisotopic (exact) mass is 402 g/mol. The van der Waals surface area contributed by atoms with E-state index in [4.69, 9.17) is 10.2 Å². The van der Waals surface area contributed by atoms with Crippen LogP contribution in [-0.4, -0.2) is 82.9 Å². The van der Waals surface area contributed by atoms with E-state index < -0.39 is 49.1 Å². The molecule has 0 saturated carbocycles. The van der Waals surface area contributed by atoms with Gasteiger partial charge in [-0.1, -0.05) is 13.8 Å². The third-order valence-corrected chi connectivity index (χ3v) is 4.33. The standard InChI is InChI=1S/C17H30N4O7/c1-9(2)6-11(19-14(24)10-4-3-5-18-10)15(25)20-12(7-22)16(26)21-13(8-23)17(27)28/h9-13,18,22-23H,3-8H2,1-2H3,(H,19,24)(H,20,25)(H,21,26)(H,27,28). The highest BCUT2D eigenvalue weighted by Gasteiger charge is 2.31. The van der Waals surface area contributed by atoms with Crippen LogP contribution in [0.1, 0.15) is 33.1 Å². The Morgan fingerprint density at radius 3 is 2.00 bits per heavy atom. The van der Waals surface area contributed by atoms with Crippen molar-refractivity contribution in [2.75, 3.05) is 19.8 Å². The minimum absolute atomic E-state index is 0.0692. The largest absolute Gasteiger partial charge is 0.480 e. The lowest BCUT2D eigenvalue weighted by atomic mass is 10.0. The Bertz CT molecular complexity index is 564.